The van der Waals surface area contributed by atoms with Crippen LogP contribution in [0.5, 0.6) is 0 Å². The molecular formula is C9H8N2OS2. The molecule has 0 fully saturated rings. The van der Waals surface area contributed by atoms with E-state index in [-0.39, 0.29) is 5.78 Å². The molecule has 14 heavy (non-hydrogen) atoms. The predicted octanol–water partition coefficient (Wildman–Crippen LogP) is 2.78. The molecule has 3 nitrogen and oxygen atoms in total. The molecule has 0 aliphatic rings. The Morgan fingerprint density at radius 2 is 2.29 bits per heavy atom. The fraction of sp³-hybridized carbons (Fsp3) is 0.222. The fourth-order valence-corrected chi connectivity index (χ4v) is 2.46. The fourth-order valence-electron chi connectivity index (χ4n) is 1.02. The van der Waals surface area contributed by atoms with Gasteiger partial charge in [0, 0.05) is 18.5 Å². The van der Waals surface area contributed by atoms with Gasteiger partial charge in [0.05, 0.1) is 9.88 Å². The summed E-state index contributed by atoms with van der Waals surface area (Å²) in [4.78, 5) is 20.2. The summed E-state index contributed by atoms with van der Waals surface area (Å²) >= 11 is 2.98. The highest BCUT2D eigenvalue weighted by atomic mass is 32.1. The predicted molar refractivity (Wildman–Crippen MR) is 58.0 cm³/mol. The number of ketones is 1. The van der Waals surface area contributed by atoms with Crippen LogP contribution >= 0.6 is 22.7 Å². The van der Waals surface area contributed by atoms with Crippen LogP contribution in [-0.2, 0) is 0 Å². The third kappa shape index (κ3) is 1.73. The number of carbonyl (C=O) groups excluding carboxylic acids is 1. The maximum atomic E-state index is 11.0. The normalized spacial score (nSPS) is 10.4. The second-order valence-corrected chi connectivity index (χ2v) is 4.93. The topological polar surface area (TPSA) is 42.9 Å². The minimum absolute atomic E-state index is 0.0562. The van der Waals surface area contributed by atoms with Crippen LogP contribution in [0.25, 0.3) is 10.7 Å². The first kappa shape index (κ1) is 9.48. The van der Waals surface area contributed by atoms with Crippen LogP contribution in [0.2, 0.25) is 0 Å². The number of hydrogen-bond donors (Lipinski definition) is 0. The molecule has 0 unspecified atom stereocenters. The SMILES string of the molecule is CC(=O)c1cnc(-c2csc(C)n2)s1. The molecule has 2 rings (SSSR count). The summed E-state index contributed by atoms with van der Waals surface area (Å²) in [5.74, 6) is 0.0562. The lowest BCUT2D eigenvalue weighted by molar-refractivity contribution is 0.102. The molecule has 0 bridgehead atoms. The maximum Gasteiger partial charge on any atom is 0.171 e. The Kier molecular flexibility index (Phi) is 2.43. The zero-order chi connectivity index (χ0) is 10.1. The molecule has 0 saturated heterocycles. The van der Waals surface area contributed by atoms with Crippen molar-refractivity contribution in [3.8, 4) is 10.7 Å². The van der Waals surface area contributed by atoms with Crippen molar-refractivity contribution in [1.29, 1.82) is 0 Å². The van der Waals surface area contributed by atoms with Gasteiger partial charge in [-0.1, -0.05) is 0 Å². The van der Waals surface area contributed by atoms with Gasteiger partial charge in [0.25, 0.3) is 0 Å². The molecule has 0 amide bonds. The van der Waals surface area contributed by atoms with Gasteiger partial charge in [-0.2, -0.15) is 0 Å². The molecule has 0 saturated carbocycles. The standard InChI is InChI=1S/C9H8N2OS2/c1-5(12)8-3-10-9(14-8)7-4-13-6(2)11-7/h3-4H,1-2H3. The minimum Gasteiger partial charge on any atom is -0.294 e. The van der Waals surface area contributed by atoms with Crippen LogP contribution in [-0.4, -0.2) is 15.8 Å². The highest BCUT2D eigenvalue weighted by Gasteiger charge is 2.09. The molecule has 0 aliphatic carbocycles. The van der Waals surface area contributed by atoms with Crippen molar-refractivity contribution >= 4 is 28.5 Å². The van der Waals surface area contributed by atoms with Crippen molar-refractivity contribution in [2.24, 2.45) is 0 Å². The lowest BCUT2D eigenvalue weighted by atomic mass is 10.4. The third-order valence-electron chi connectivity index (χ3n) is 1.69. The Bertz CT molecular complexity index is 473. The molecule has 2 aromatic heterocycles. The number of nitrogens with zero attached hydrogens (tertiary/aromatic N) is 2. The molecular weight excluding hydrogens is 216 g/mol. The van der Waals surface area contributed by atoms with Gasteiger partial charge in [0.15, 0.2) is 5.78 Å². The Balaban J connectivity index is 2.38. The van der Waals surface area contributed by atoms with Crippen LogP contribution in [0.4, 0.5) is 0 Å². The van der Waals surface area contributed by atoms with Gasteiger partial charge < -0.3 is 0 Å². The van der Waals surface area contributed by atoms with E-state index in [4.69, 9.17) is 0 Å². The zero-order valence-electron chi connectivity index (χ0n) is 7.77. The van der Waals surface area contributed by atoms with E-state index in [0.717, 1.165) is 15.7 Å². The van der Waals surface area contributed by atoms with E-state index in [9.17, 15) is 4.79 Å². The van der Waals surface area contributed by atoms with Gasteiger partial charge in [-0.3, -0.25) is 4.79 Å². The van der Waals surface area contributed by atoms with E-state index in [1.807, 2.05) is 12.3 Å². The molecule has 0 aromatic carbocycles. The number of carbonyl (C=O) groups is 1. The summed E-state index contributed by atoms with van der Waals surface area (Å²) in [6.07, 6.45) is 1.61. The van der Waals surface area contributed by atoms with Gasteiger partial charge in [0.1, 0.15) is 10.7 Å². The second kappa shape index (κ2) is 3.59. The third-order valence-corrected chi connectivity index (χ3v) is 3.58. The first-order chi connectivity index (χ1) is 6.66. The number of rotatable bonds is 2. The number of thiazole rings is 2. The van der Waals surface area contributed by atoms with Crippen molar-refractivity contribution < 1.29 is 4.79 Å². The van der Waals surface area contributed by atoms with Crippen LogP contribution < -0.4 is 0 Å². The smallest absolute Gasteiger partial charge is 0.171 e. The molecule has 2 aromatic rings. The van der Waals surface area contributed by atoms with Crippen LogP contribution in [0.15, 0.2) is 11.6 Å². The van der Waals surface area contributed by atoms with E-state index in [0.29, 0.717) is 4.88 Å². The average molecular weight is 224 g/mol. The summed E-state index contributed by atoms with van der Waals surface area (Å²) in [5.41, 5.74) is 0.866. The molecule has 0 aliphatic heterocycles. The quantitative estimate of drug-likeness (QED) is 0.737. The summed E-state index contributed by atoms with van der Waals surface area (Å²) in [5, 5.41) is 3.79. The summed E-state index contributed by atoms with van der Waals surface area (Å²) in [6, 6.07) is 0. The van der Waals surface area contributed by atoms with Gasteiger partial charge in [-0.15, -0.1) is 22.7 Å². The summed E-state index contributed by atoms with van der Waals surface area (Å²) in [7, 11) is 0. The first-order valence-corrected chi connectivity index (χ1v) is 5.75. The van der Waals surface area contributed by atoms with Crippen molar-refractivity contribution in [2.75, 3.05) is 0 Å². The van der Waals surface area contributed by atoms with Gasteiger partial charge >= 0.3 is 0 Å². The summed E-state index contributed by atoms with van der Waals surface area (Å²) in [6.45, 7) is 3.50. The first-order valence-electron chi connectivity index (χ1n) is 4.06. The maximum absolute atomic E-state index is 11.0. The molecule has 0 atom stereocenters. The van der Waals surface area contributed by atoms with Crippen molar-refractivity contribution in [1.82, 2.24) is 9.97 Å². The van der Waals surface area contributed by atoms with Crippen LogP contribution in [0, 0.1) is 6.92 Å². The van der Waals surface area contributed by atoms with E-state index in [1.54, 1.807) is 24.5 Å². The van der Waals surface area contributed by atoms with Crippen LogP contribution in [0.1, 0.15) is 21.6 Å². The summed E-state index contributed by atoms with van der Waals surface area (Å²) < 4.78 is 0. The second-order valence-electron chi connectivity index (χ2n) is 2.84. The van der Waals surface area contributed by atoms with E-state index in [1.165, 1.54) is 11.3 Å². The largest absolute Gasteiger partial charge is 0.294 e. The van der Waals surface area contributed by atoms with Crippen LogP contribution in [0.3, 0.4) is 0 Å². The van der Waals surface area contributed by atoms with E-state index >= 15 is 0 Å². The van der Waals surface area contributed by atoms with Crippen molar-refractivity contribution in [2.45, 2.75) is 13.8 Å². The van der Waals surface area contributed by atoms with Crippen molar-refractivity contribution in [3.63, 3.8) is 0 Å². The van der Waals surface area contributed by atoms with E-state index in [2.05, 4.69) is 9.97 Å². The van der Waals surface area contributed by atoms with Crippen molar-refractivity contribution in [3.05, 3.63) is 21.5 Å². The number of aromatic nitrogens is 2. The lowest BCUT2D eigenvalue weighted by Gasteiger charge is -1.85. The Morgan fingerprint density at radius 1 is 1.50 bits per heavy atom. The Labute approximate surface area is 89.5 Å². The monoisotopic (exact) mass is 224 g/mol. The minimum atomic E-state index is 0.0562. The zero-order valence-corrected chi connectivity index (χ0v) is 9.41. The van der Waals surface area contributed by atoms with E-state index < -0.39 is 0 Å². The molecule has 5 heteroatoms. The lowest BCUT2D eigenvalue weighted by Crippen LogP contribution is -1.83. The average Bonchev–Trinajstić information content (AvgIpc) is 2.70. The Hall–Kier alpha value is -1.07. The number of Topliss-reactive ketones (excluding diaryl/α,β-unsaturated/α-hetero) is 1. The molecule has 0 N–H and O–H groups in total. The van der Waals surface area contributed by atoms with Gasteiger partial charge in [0.2, 0.25) is 0 Å². The number of hydrogen-bond acceptors (Lipinski definition) is 5. The van der Waals surface area contributed by atoms with Gasteiger partial charge in [-0.05, 0) is 6.92 Å². The Morgan fingerprint density at radius 3 is 2.79 bits per heavy atom. The molecule has 72 valence electrons. The molecule has 0 spiro atoms. The molecule has 0 radical (unpaired) electrons. The highest BCUT2D eigenvalue weighted by Crippen LogP contribution is 2.26. The van der Waals surface area contributed by atoms with Gasteiger partial charge in [-0.25, -0.2) is 9.97 Å². The highest BCUT2D eigenvalue weighted by molar-refractivity contribution is 7.17. The number of aryl methyl sites for hydroxylation is 1. The molecule has 2 heterocycles.